The number of likely N-dealkylation sites (N-methyl/N-ethyl adjacent to an activating group) is 1. The monoisotopic (exact) mass is 624 g/mol. The largest absolute Gasteiger partial charge is 0.356 e. The molecule has 2 aliphatic heterocycles. The second kappa shape index (κ2) is 14.0. The Bertz CT molecular complexity index is 1590. The number of carbonyl (C=O) groups is 1. The highest BCUT2D eigenvalue weighted by Gasteiger charge is 2.44. The molecule has 1 aliphatic carbocycles. The van der Waals surface area contributed by atoms with E-state index < -0.39 is 0 Å². The van der Waals surface area contributed by atoms with Gasteiger partial charge in [-0.1, -0.05) is 87.3 Å². The summed E-state index contributed by atoms with van der Waals surface area (Å²) in [5.41, 5.74) is 10.0. The lowest BCUT2D eigenvalue weighted by molar-refractivity contribution is -0.438. The van der Waals surface area contributed by atoms with Gasteiger partial charge in [0.05, 0.1) is 5.41 Å². The van der Waals surface area contributed by atoms with Crippen molar-refractivity contribution in [1.29, 1.82) is 0 Å². The van der Waals surface area contributed by atoms with E-state index in [0.29, 0.717) is 6.42 Å². The van der Waals surface area contributed by atoms with E-state index in [1.165, 1.54) is 45.1 Å². The van der Waals surface area contributed by atoms with Crippen LogP contribution in [0.25, 0.3) is 0 Å². The van der Waals surface area contributed by atoms with Gasteiger partial charge in [-0.2, -0.15) is 4.58 Å². The molecule has 0 spiro atoms. The first-order valence-corrected chi connectivity index (χ1v) is 17.4. The molecule has 0 saturated carbocycles. The minimum atomic E-state index is -0.145. The molecule has 2 heterocycles. The third kappa shape index (κ3) is 6.63. The number of anilines is 1. The second-order valence-electron chi connectivity index (χ2n) is 13.6. The Morgan fingerprint density at radius 3 is 2.42 bits per heavy atom. The third-order valence-electron chi connectivity index (χ3n) is 9.89. The van der Waals surface area contributed by atoms with Gasteiger partial charge in [0.2, 0.25) is 11.6 Å². The summed E-state index contributed by atoms with van der Waals surface area (Å²) < 4.78 is 2.42. The quantitative estimate of drug-likeness (QED) is 0.200. The van der Waals surface area contributed by atoms with Crippen LogP contribution in [0.5, 0.6) is 0 Å². The number of hydrogen-bond acceptors (Lipinski definition) is 2. The molecule has 2 aromatic carbocycles. The van der Waals surface area contributed by atoms with Gasteiger partial charge < -0.3 is 10.2 Å². The summed E-state index contributed by atoms with van der Waals surface area (Å²) in [5, 5.41) is 3.95. The highest BCUT2D eigenvalue weighted by molar-refractivity contribution is 6.32. The van der Waals surface area contributed by atoms with Gasteiger partial charge in [0, 0.05) is 65.5 Å². The standard InChI is InChI=1S/C40H50ClN3O/c1-7-9-27-42-37(45)22-15-28-44-34-21-13-11-19-32(34)40(5,6)36(44)26-24-30-17-14-16-29(38(30)41)23-25-35-39(3,4)31-18-10-12-20-33(31)43(35)8-2/h10-13,18-21,23-26H,7-9,14-17,22,27-28H2,1-6H3/p+1. The summed E-state index contributed by atoms with van der Waals surface area (Å²) in [6.45, 7) is 16.1. The number of amides is 1. The lowest BCUT2D eigenvalue weighted by Crippen LogP contribution is -2.28. The number of allylic oxidation sites excluding steroid dienone is 8. The number of para-hydroxylation sites is 2. The molecule has 1 amide bonds. The van der Waals surface area contributed by atoms with Crippen LogP contribution in [0.2, 0.25) is 0 Å². The van der Waals surface area contributed by atoms with Crippen molar-refractivity contribution in [2.24, 2.45) is 0 Å². The first-order chi connectivity index (χ1) is 21.6. The van der Waals surface area contributed by atoms with Gasteiger partial charge in [0.1, 0.15) is 6.54 Å². The molecule has 0 saturated heterocycles. The predicted octanol–water partition coefficient (Wildman–Crippen LogP) is 9.62. The number of halogens is 1. The molecule has 0 bridgehead atoms. The van der Waals surface area contributed by atoms with Crippen molar-refractivity contribution in [2.45, 2.75) is 97.3 Å². The van der Waals surface area contributed by atoms with Crippen LogP contribution in [0, 0.1) is 0 Å². The maximum atomic E-state index is 12.4. The Labute approximate surface area is 276 Å². The van der Waals surface area contributed by atoms with E-state index in [0.717, 1.165) is 63.2 Å². The molecule has 0 fully saturated rings. The van der Waals surface area contributed by atoms with E-state index >= 15 is 0 Å². The van der Waals surface area contributed by atoms with Gasteiger partial charge in [-0.05, 0) is 75.3 Å². The van der Waals surface area contributed by atoms with Gasteiger partial charge in [-0.25, -0.2) is 0 Å². The number of unbranched alkanes of at least 4 members (excludes halogenated alkanes) is 1. The van der Waals surface area contributed by atoms with Crippen LogP contribution in [0.4, 0.5) is 11.4 Å². The van der Waals surface area contributed by atoms with Crippen LogP contribution < -0.4 is 10.2 Å². The lowest BCUT2D eigenvalue weighted by atomic mass is 9.81. The van der Waals surface area contributed by atoms with Crippen LogP contribution >= 0.6 is 11.6 Å². The van der Waals surface area contributed by atoms with Gasteiger partial charge in [-0.3, -0.25) is 4.79 Å². The molecule has 5 heteroatoms. The summed E-state index contributed by atoms with van der Waals surface area (Å²) >= 11 is 7.17. The Morgan fingerprint density at radius 2 is 1.67 bits per heavy atom. The first kappa shape index (κ1) is 33.0. The molecular weight excluding hydrogens is 574 g/mol. The molecule has 1 N–H and O–H groups in total. The van der Waals surface area contributed by atoms with Crippen molar-refractivity contribution in [3.05, 3.63) is 106 Å². The molecule has 238 valence electrons. The van der Waals surface area contributed by atoms with Crippen molar-refractivity contribution in [3.8, 4) is 0 Å². The Balaban J connectivity index is 1.41. The highest BCUT2D eigenvalue weighted by atomic mass is 35.5. The van der Waals surface area contributed by atoms with Gasteiger partial charge >= 0.3 is 0 Å². The average Bonchev–Trinajstić information content (AvgIpc) is 3.38. The van der Waals surface area contributed by atoms with Crippen molar-refractivity contribution >= 4 is 34.6 Å². The van der Waals surface area contributed by atoms with E-state index in [1.54, 1.807) is 0 Å². The highest BCUT2D eigenvalue weighted by Crippen LogP contribution is 2.47. The zero-order chi connectivity index (χ0) is 32.2. The summed E-state index contributed by atoms with van der Waals surface area (Å²) in [6.07, 6.45) is 15.6. The van der Waals surface area contributed by atoms with Crippen LogP contribution in [-0.2, 0) is 15.6 Å². The molecule has 4 nitrogen and oxygen atoms in total. The fourth-order valence-electron chi connectivity index (χ4n) is 7.32. The topological polar surface area (TPSA) is 35.4 Å². The summed E-state index contributed by atoms with van der Waals surface area (Å²) in [7, 11) is 0. The maximum absolute atomic E-state index is 12.4. The Hall–Kier alpha value is -3.37. The number of nitrogens with one attached hydrogen (secondary N) is 1. The van der Waals surface area contributed by atoms with Gasteiger partial charge in [0.25, 0.3) is 0 Å². The van der Waals surface area contributed by atoms with E-state index in [4.69, 9.17) is 11.6 Å². The average molecular weight is 625 g/mol. The van der Waals surface area contributed by atoms with Crippen molar-refractivity contribution in [3.63, 3.8) is 0 Å². The van der Waals surface area contributed by atoms with Crippen LogP contribution in [-0.4, -0.2) is 35.8 Å². The molecule has 2 aromatic rings. The number of fused-ring (bicyclic) bond motifs is 2. The van der Waals surface area contributed by atoms with E-state index in [-0.39, 0.29) is 16.7 Å². The Morgan fingerprint density at radius 1 is 0.933 bits per heavy atom. The minimum Gasteiger partial charge on any atom is -0.356 e. The summed E-state index contributed by atoms with van der Waals surface area (Å²) in [5.74, 6) is 0.146. The number of hydrogen-bond donors (Lipinski definition) is 1. The van der Waals surface area contributed by atoms with E-state index in [2.05, 4.69) is 129 Å². The molecule has 0 unspecified atom stereocenters. The SMILES string of the molecule is CCCCNC(=O)CCC[N+]1=C(/C=C/C2=C(Cl)C(=C/C=C3/N(CC)c4ccccc4C3(C)C)/CCC2)C(C)(C)c2ccccc21. The predicted molar refractivity (Wildman–Crippen MR) is 191 cm³/mol. The third-order valence-corrected chi connectivity index (χ3v) is 10.4. The normalized spacial score (nSPS) is 20.5. The fourth-order valence-corrected chi connectivity index (χ4v) is 7.64. The van der Waals surface area contributed by atoms with Crippen LogP contribution in [0.15, 0.2) is 94.7 Å². The van der Waals surface area contributed by atoms with Crippen molar-refractivity contribution < 1.29 is 9.37 Å². The fraction of sp³-hybridized carbons (Fsp3) is 0.450. The van der Waals surface area contributed by atoms with Crippen molar-refractivity contribution in [1.82, 2.24) is 5.32 Å². The molecule has 45 heavy (non-hydrogen) atoms. The molecule has 0 atom stereocenters. The van der Waals surface area contributed by atoms with E-state index in [9.17, 15) is 4.79 Å². The zero-order valence-electron chi connectivity index (χ0n) is 28.2. The minimum absolute atomic E-state index is 0.0589. The summed E-state index contributed by atoms with van der Waals surface area (Å²) in [6, 6.07) is 17.5. The van der Waals surface area contributed by atoms with Crippen molar-refractivity contribution in [2.75, 3.05) is 24.5 Å². The number of carbonyl (C=O) groups excluding carboxylic acids is 1. The summed E-state index contributed by atoms with van der Waals surface area (Å²) in [4.78, 5) is 14.9. The first-order valence-electron chi connectivity index (χ1n) is 17.0. The second-order valence-corrected chi connectivity index (χ2v) is 14.0. The zero-order valence-corrected chi connectivity index (χ0v) is 28.9. The smallest absolute Gasteiger partial charge is 0.220 e. The van der Waals surface area contributed by atoms with E-state index in [1.807, 2.05) is 0 Å². The molecule has 0 aromatic heterocycles. The van der Waals surface area contributed by atoms with Crippen LogP contribution in [0.3, 0.4) is 0 Å². The number of rotatable bonds is 11. The van der Waals surface area contributed by atoms with Gasteiger partial charge in [0.15, 0.2) is 5.71 Å². The van der Waals surface area contributed by atoms with Gasteiger partial charge in [-0.15, -0.1) is 0 Å². The molecule has 3 aliphatic rings. The molecular formula is C40H51ClN3O+. The Kier molecular flexibility index (Phi) is 10.2. The molecule has 5 rings (SSSR count). The lowest BCUT2D eigenvalue weighted by Gasteiger charge is -2.26. The number of nitrogens with zero attached hydrogens (tertiary/aromatic N) is 2. The number of benzene rings is 2. The van der Waals surface area contributed by atoms with Crippen LogP contribution in [0.1, 0.15) is 97.6 Å². The molecule has 0 radical (unpaired) electrons. The maximum Gasteiger partial charge on any atom is 0.220 e.